The summed E-state index contributed by atoms with van der Waals surface area (Å²) in [5.74, 6) is -0.0460. The maximum absolute atomic E-state index is 12.8. The lowest BCUT2D eigenvalue weighted by Crippen LogP contribution is -1.96. The summed E-state index contributed by atoms with van der Waals surface area (Å²) in [5.41, 5.74) is 2.18. The van der Waals surface area contributed by atoms with Gasteiger partial charge in [0.25, 0.3) is 0 Å². The number of allylic oxidation sites excluding steroid dienone is 4. The van der Waals surface area contributed by atoms with Gasteiger partial charge in [0.15, 0.2) is 5.78 Å². The number of halogens is 1. The molecular weight excluding hydrogens is 203 g/mol. The lowest BCUT2D eigenvalue weighted by atomic mass is 9.97. The van der Waals surface area contributed by atoms with Crippen LogP contribution in [0, 0.1) is 5.82 Å². The maximum Gasteiger partial charge on any atom is 0.155 e. The van der Waals surface area contributed by atoms with Crippen molar-refractivity contribution in [3.8, 4) is 0 Å². The van der Waals surface area contributed by atoms with E-state index in [0.717, 1.165) is 24.0 Å². The maximum atomic E-state index is 12.8. The molecule has 0 fully saturated rings. The smallest absolute Gasteiger partial charge is 0.155 e. The van der Waals surface area contributed by atoms with E-state index >= 15 is 0 Å². The van der Waals surface area contributed by atoms with Crippen molar-refractivity contribution in [2.45, 2.75) is 19.3 Å². The summed E-state index contributed by atoms with van der Waals surface area (Å²) in [7, 11) is 0. The Kier molecular flexibility index (Phi) is 3.30. The molecule has 0 atom stereocenters. The van der Waals surface area contributed by atoms with Crippen LogP contribution in [-0.2, 0) is 4.79 Å². The van der Waals surface area contributed by atoms with E-state index < -0.39 is 0 Å². The molecule has 1 aliphatic carbocycles. The van der Waals surface area contributed by atoms with Crippen molar-refractivity contribution in [3.05, 3.63) is 53.9 Å². The van der Waals surface area contributed by atoms with E-state index in [-0.39, 0.29) is 11.6 Å². The molecule has 1 aromatic rings. The summed E-state index contributed by atoms with van der Waals surface area (Å²) in [6.45, 7) is 0. The highest BCUT2D eigenvalue weighted by atomic mass is 19.1. The number of rotatable bonds is 1. The largest absolute Gasteiger partial charge is 0.295 e. The Morgan fingerprint density at radius 1 is 1.06 bits per heavy atom. The third kappa shape index (κ3) is 2.66. The van der Waals surface area contributed by atoms with Crippen molar-refractivity contribution < 1.29 is 9.18 Å². The van der Waals surface area contributed by atoms with E-state index in [9.17, 15) is 9.18 Å². The van der Waals surface area contributed by atoms with Crippen LogP contribution in [-0.4, -0.2) is 5.78 Å². The van der Waals surface area contributed by atoms with Crippen molar-refractivity contribution in [1.82, 2.24) is 0 Å². The molecule has 0 saturated carbocycles. The standard InChI is InChI=1S/C14H13FO/c15-13-9-7-12(8-10-13)11-3-1-5-14(16)6-2-4-11/h1,3,5,7-10H,2,4,6H2/b5-1-,11-3+. The normalized spacial score (nSPS) is 21.8. The molecule has 1 nitrogen and oxygen atoms in total. The second kappa shape index (κ2) is 4.88. The molecule has 0 amide bonds. The van der Waals surface area contributed by atoms with Gasteiger partial charge in [0.1, 0.15) is 5.82 Å². The van der Waals surface area contributed by atoms with Gasteiger partial charge >= 0.3 is 0 Å². The van der Waals surface area contributed by atoms with Crippen LogP contribution >= 0.6 is 0 Å². The van der Waals surface area contributed by atoms with Gasteiger partial charge in [-0.15, -0.1) is 0 Å². The van der Waals surface area contributed by atoms with Crippen LogP contribution in [0.4, 0.5) is 4.39 Å². The highest BCUT2D eigenvalue weighted by Gasteiger charge is 2.05. The van der Waals surface area contributed by atoms with Crippen LogP contribution in [0.1, 0.15) is 24.8 Å². The second-order valence-corrected chi connectivity index (χ2v) is 3.88. The minimum Gasteiger partial charge on any atom is -0.295 e. The van der Waals surface area contributed by atoms with Gasteiger partial charge in [-0.25, -0.2) is 4.39 Å². The molecule has 0 heterocycles. The highest BCUT2D eigenvalue weighted by molar-refractivity contribution is 5.90. The lowest BCUT2D eigenvalue weighted by Gasteiger charge is -2.08. The summed E-state index contributed by atoms with van der Waals surface area (Å²) in [6.07, 6.45) is 7.62. The molecule has 1 aromatic carbocycles. The Bertz CT molecular complexity index is 440. The van der Waals surface area contributed by atoms with E-state index in [1.165, 1.54) is 12.1 Å². The summed E-state index contributed by atoms with van der Waals surface area (Å²) in [6, 6.07) is 6.48. The molecule has 0 N–H and O–H groups in total. The minimum absolute atomic E-state index is 0.175. The first kappa shape index (κ1) is 10.8. The lowest BCUT2D eigenvalue weighted by molar-refractivity contribution is -0.114. The van der Waals surface area contributed by atoms with Gasteiger partial charge in [0, 0.05) is 6.42 Å². The average Bonchev–Trinajstić information content (AvgIpc) is 2.25. The SMILES string of the molecule is O=C1/C=C\C=C(\c2ccc(F)cc2)CCC1. The fourth-order valence-corrected chi connectivity index (χ4v) is 1.80. The van der Waals surface area contributed by atoms with Crippen LogP contribution in [0.15, 0.2) is 42.5 Å². The molecule has 1 aliphatic rings. The molecule has 82 valence electrons. The van der Waals surface area contributed by atoms with Crippen molar-refractivity contribution in [2.24, 2.45) is 0 Å². The molecule has 16 heavy (non-hydrogen) atoms. The highest BCUT2D eigenvalue weighted by Crippen LogP contribution is 2.22. The van der Waals surface area contributed by atoms with Crippen LogP contribution in [0.3, 0.4) is 0 Å². The number of hydrogen-bond donors (Lipinski definition) is 0. The van der Waals surface area contributed by atoms with Crippen LogP contribution < -0.4 is 0 Å². The van der Waals surface area contributed by atoms with Gasteiger partial charge in [0.2, 0.25) is 0 Å². The van der Waals surface area contributed by atoms with E-state index in [2.05, 4.69) is 0 Å². The topological polar surface area (TPSA) is 17.1 Å². The Balaban J connectivity index is 2.25. The van der Waals surface area contributed by atoms with Gasteiger partial charge in [0.05, 0.1) is 0 Å². The van der Waals surface area contributed by atoms with Gasteiger partial charge in [-0.1, -0.05) is 24.3 Å². The molecule has 0 spiro atoms. The first-order chi connectivity index (χ1) is 7.75. The molecule has 0 saturated heterocycles. The van der Waals surface area contributed by atoms with Gasteiger partial charge < -0.3 is 0 Å². The van der Waals surface area contributed by atoms with E-state index in [1.54, 1.807) is 24.3 Å². The minimum atomic E-state index is -0.221. The van der Waals surface area contributed by atoms with Crippen molar-refractivity contribution >= 4 is 11.4 Å². The Morgan fingerprint density at radius 3 is 2.56 bits per heavy atom. The first-order valence-corrected chi connectivity index (χ1v) is 5.42. The Labute approximate surface area is 94.3 Å². The molecular formula is C14H13FO. The van der Waals surface area contributed by atoms with Gasteiger partial charge in [-0.3, -0.25) is 4.79 Å². The van der Waals surface area contributed by atoms with Crippen molar-refractivity contribution in [1.29, 1.82) is 0 Å². The molecule has 2 heteroatoms. The third-order valence-corrected chi connectivity index (χ3v) is 2.66. The fourth-order valence-electron chi connectivity index (χ4n) is 1.80. The number of ketones is 1. The molecule has 0 aliphatic heterocycles. The van der Waals surface area contributed by atoms with Crippen LogP contribution in [0.2, 0.25) is 0 Å². The van der Waals surface area contributed by atoms with E-state index in [4.69, 9.17) is 0 Å². The summed E-state index contributed by atoms with van der Waals surface area (Å²) in [4.78, 5) is 11.2. The van der Waals surface area contributed by atoms with Gasteiger partial charge in [-0.2, -0.15) is 0 Å². The predicted octanol–water partition coefficient (Wildman–Crippen LogP) is 3.52. The molecule has 0 bridgehead atoms. The molecule has 0 radical (unpaired) electrons. The summed E-state index contributed by atoms with van der Waals surface area (Å²) in [5, 5.41) is 0. The van der Waals surface area contributed by atoms with E-state index in [1.807, 2.05) is 6.08 Å². The molecule has 2 rings (SSSR count). The van der Waals surface area contributed by atoms with Crippen LogP contribution in [0.25, 0.3) is 5.57 Å². The monoisotopic (exact) mass is 216 g/mol. The van der Waals surface area contributed by atoms with Crippen LogP contribution in [0.5, 0.6) is 0 Å². The zero-order valence-electron chi connectivity index (χ0n) is 8.95. The number of carbonyl (C=O) groups excluding carboxylic acids is 1. The molecule has 0 aromatic heterocycles. The fraction of sp³-hybridized carbons (Fsp3) is 0.214. The summed E-state index contributed by atoms with van der Waals surface area (Å²) < 4.78 is 12.8. The zero-order valence-corrected chi connectivity index (χ0v) is 8.95. The van der Waals surface area contributed by atoms with Crippen molar-refractivity contribution in [3.63, 3.8) is 0 Å². The number of benzene rings is 1. The quantitative estimate of drug-likeness (QED) is 0.702. The third-order valence-electron chi connectivity index (χ3n) is 2.66. The predicted molar refractivity (Wildman–Crippen MR) is 62.4 cm³/mol. The Morgan fingerprint density at radius 2 is 1.81 bits per heavy atom. The van der Waals surface area contributed by atoms with Gasteiger partial charge in [-0.05, 0) is 42.2 Å². The Hall–Kier alpha value is -1.70. The molecule has 0 unspecified atom stereocenters. The number of hydrogen-bond acceptors (Lipinski definition) is 1. The number of carbonyl (C=O) groups is 1. The van der Waals surface area contributed by atoms with E-state index in [0.29, 0.717) is 6.42 Å². The average molecular weight is 216 g/mol. The summed E-state index contributed by atoms with van der Waals surface area (Å²) >= 11 is 0. The van der Waals surface area contributed by atoms with Crippen molar-refractivity contribution in [2.75, 3.05) is 0 Å². The first-order valence-electron chi connectivity index (χ1n) is 5.42. The second-order valence-electron chi connectivity index (χ2n) is 3.88. The zero-order chi connectivity index (χ0) is 11.4.